The molecule has 7 nitrogen and oxygen atoms in total. The van der Waals surface area contributed by atoms with Crippen molar-refractivity contribution in [3.05, 3.63) is 75.0 Å². The number of nitrogens with zero attached hydrogens (tertiary/aromatic N) is 1. The van der Waals surface area contributed by atoms with Crippen LogP contribution in [0.5, 0.6) is 0 Å². The highest BCUT2D eigenvalue weighted by atomic mass is 16.6. The van der Waals surface area contributed by atoms with E-state index in [4.69, 9.17) is 0 Å². The average molecular weight is 285 g/mol. The number of carbonyl (C=O) groups is 2. The van der Waals surface area contributed by atoms with E-state index in [-0.39, 0.29) is 11.1 Å². The first-order valence-corrected chi connectivity index (χ1v) is 5.86. The molecule has 0 saturated heterocycles. The average Bonchev–Trinajstić information content (AvgIpc) is 2.53. The van der Waals surface area contributed by atoms with Crippen LogP contribution in [0.1, 0.15) is 20.7 Å². The molecule has 0 aliphatic rings. The van der Waals surface area contributed by atoms with E-state index >= 15 is 0 Å². The number of nitro groups is 1. The number of hydrogen-bond acceptors (Lipinski definition) is 5. The lowest BCUT2D eigenvalue weighted by Gasteiger charge is -2.12. The van der Waals surface area contributed by atoms with Crippen molar-refractivity contribution in [1.82, 2.24) is 5.48 Å². The van der Waals surface area contributed by atoms with Crippen molar-refractivity contribution in [2.24, 2.45) is 0 Å². The number of rotatable bonds is 3. The lowest BCUT2D eigenvalue weighted by Crippen LogP contribution is -2.23. The Morgan fingerprint density at radius 1 is 1.00 bits per heavy atom. The largest absolute Gasteiger partial charge is 0.759 e. The Balaban J connectivity index is 2.74. The third-order valence-electron chi connectivity index (χ3n) is 2.87. The molecule has 2 amide bonds. The molecule has 0 atom stereocenters. The van der Waals surface area contributed by atoms with E-state index < -0.39 is 22.3 Å². The van der Waals surface area contributed by atoms with Crippen molar-refractivity contribution >= 4 is 11.8 Å². The standard InChI is InChI=1S/C14H9N2O5/c17-13(15-19)11-8-4-7-10(9-5-2-1-3-6-9)12(11)14(18)16(20)21/h1-8H,(H-,15,17,18,19)/q-1. The number of hydroxylamine groups is 1. The molecule has 106 valence electrons. The number of hydrogen-bond donors (Lipinski definition) is 1. The Hall–Kier alpha value is -3.06. The van der Waals surface area contributed by atoms with Crippen LogP contribution < -0.4 is 5.48 Å². The molecule has 0 heterocycles. The zero-order valence-electron chi connectivity index (χ0n) is 10.6. The number of nitrogens with one attached hydrogen (secondary N) is 1. The van der Waals surface area contributed by atoms with Gasteiger partial charge in [-0.15, -0.1) is 0 Å². The zero-order chi connectivity index (χ0) is 15.4. The maximum atomic E-state index is 11.8. The van der Waals surface area contributed by atoms with Gasteiger partial charge in [0, 0.05) is 5.56 Å². The monoisotopic (exact) mass is 285 g/mol. The van der Waals surface area contributed by atoms with Gasteiger partial charge in [-0.1, -0.05) is 42.5 Å². The molecular formula is C14H9N2O5-. The summed E-state index contributed by atoms with van der Waals surface area (Å²) >= 11 is 0. The van der Waals surface area contributed by atoms with Crippen LogP contribution in [-0.2, 0) is 0 Å². The quantitative estimate of drug-likeness (QED) is 0.684. The molecule has 0 unspecified atom stereocenters. The fourth-order valence-electron chi connectivity index (χ4n) is 1.98. The van der Waals surface area contributed by atoms with Gasteiger partial charge >= 0.3 is 5.91 Å². The molecule has 2 aromatic rings. The van der Waals surface area contributed by atoms with Crippen LogP contribution in [0.25, 0.3) is 11.1 Å². The summed E-state index contributed by atoms with van der Waals surface area (Å²) in [5.41, 5.74) is 1.16. The predicted molar refractivity (Wildman–Crippen MR) is 74.0 cm³/mol. The van der Waals surface area contributed by atoms with Gasteiger partial charge in [0.1, 0.15) is 10.5 Å². The summed E-state index contributed by atoms with van der Waals surface area (Å²) in [5, 5.41) is 21.3. The lowest BCUT2D eigenvalue weighted by atomic mass is 9.94. The molecule has 0 aliphatic carbocycles. The molecule has 1 N–H and O–H groups in total. The van der Waals surface area contributed by atoms with Gasteiger partial charge in [0.05, 0.1) is 5.56 Å². The van der Waals surface area contributed by atoms with E-state index in [0.29, 0.717) is 5.56 Å². The Labute approximate surface area is 118 Å². The lowest BCUT2D eigenvalue weighted by molar-refractivity contribution is -0.375. The van der Waals surface area contributed by atoms with E-state index in [2.05, 4.69) is 0 Å². The van der Waals surface area contributed by atoms with E-state index in [1.165, 1.54) is 18.2 Å². The summed E-state index contributed by atoms with van der Waals surface area (Å²) in [6.45, 7) is 0. The first-order valence-electron chi connectivity index (χ1n) is 5.86. The van der Waals surface area contributed by atoms with Crippen LogP contribution in [0.2, 0.25) is 0 Å². The van der Waals surface area contributed by atoms with E-state index in [1.807, 2.05) is 0 Å². The molecule has 0 saturated carbocycles. The summed E-state index contributed by atoms with van der Waals surface area (Å²) in [5.74, 6) is -2.54. The Bertz CT molecular complexity index is 713. The van der Waals surface area contributed by atoms with Crippen LogP contribution in [0, 0.1) is 15.3 Å². The maximum absolute atomic E-state index is 11.8. The summed E-state index contributed by atoms with van der Waals surface area (Å²) in [4.78, 5) is 33.0. The highest BCUT2D eigenvalue weighted by Gasteiger charge is 2.28. The third-order valence-corrected chi connectivity index (χ3v) is 2.87. The van der Waals surface area contributed by atoms with Crippen molar-refractivity contribution in [3.8, 4) is 11.1 Å². The minimum absolute atomic E-state index is 0.221. The second kappa shape index (κ2) is 5.93. The minimum atomic E-state index is -1.44. The fraction of sp³-hybridized carbons (Fsp3) is 0. The van der Waals surface area contributed by atoms with E-state index in [0.717, 1.165) is 5.48 Å². The maximum Gasteiger partial charge on any atom is 0.478 e. The fourth-order valence-corrected chi connectivity index (χ4v) is 1.98. The molecule has 0 radical (unpaired) electrons. The Morgan fingerprint density at radius 2 is 1.67 bits per heavy atom. The van der Waals surface area contributed by atoms with Crippen LogP contribution in [0.4, 0.5) is 0 Å². The summed E-state index contributed by atoms with van der Waals surface area (Å²) < 4.78 is 0. The second-order valence-electron chi connectivity index (χ2n) is 4.09. The van der Waals surface area contributed by atoms with Gasteiger partial charge in [-0.3, -0.25) is 14.9 Å². The molecule has 2 aromatic carbocycles. The number of carbonyl (C=O) groups excluding carboxylic acids is 2. The molecule has 0 aromatic heterocycles. The molecule has 2 rings (SSSR count). The van der Waals surface area contributed by atoms with Crippen molar-refractivity contribution in [2.45, 2.75) is 0 Å². The molecule has 0 spiro atoms. The molecule has 7 heteroatoms. The summed E-state index contributed by atoms with van der Waals surface area (Å²) in [6, 6.07) is 12.5. The third kappa shape index (κ3) is 2.77. The van der Waals surface area contributed by atoms with Crippen molar-refractivity contribution in [2.75, 3.05) is 0 Å². The molecule has 0 bridgehead atoms. The van der Waals surface area contributed by atoms with Crippen LogP contribution in [0.3, 0.4) is 0 Å². The van der Waals surface area contributed by atoms with Gasteiger partial charge < -0.3 is 10.7 Å². The smallest absolute Gasteiger partial charge is 0.478 e. The first kappa shape index (κ1) is 14.4. The normalized spacial score (nSPS) is 9.95. The van der Waals surface area contributed by atoms with E-state index in [9.17, 15) is 24.9 Å². The zero-order valence-corrected chi connectivity index (χ0v) is 10.6. The van der Waals surface area contributed by atoms with Gasteiger partial charge in [0.15, 0.2) is 0 Å². The van der Waals surface area contributed by atoms with Gasteiger partial charge in [-0.25, -0.2) is 4.79 Å². The molecular weight excluding hydrogens is 276 g/mol. The van der Waals surface area contributed by atoms with E-state index in [1.54, 1.807) is 30.3 Å². The summed E-state index contributed by atoms with van der Waals surface area (Å²) in [7, 11) is 0. The highest BCUT2D eigenvalue weighted by Crippen LogP contribution is 2.27. The predicted octanol–water partition coefficient (Wildman–Crippen LogP) is 2.00. The minimum Gasteiger partial charge on any atom is -0.759 e. The first-order chi connectivity index (χ1) is 10.1. The van der Waals surface area contributed by atoms with Gasteiger partial charge in [-0.2, -0.15) is 0 Å². The number of amides is 2. The number of benzene rings is 2. The van der Waals surface area contributed by atoms with Gasteiger partial charge in [0.2, 0.25) is 5.91 Å². The van der Waals surface area contributed by atoms with Crippen molar-refractivity contribution < 1.29 is 14.5 Å². The topological polar surface area (TPSA) is 112 Å². The molecule has 0 fully saturated rings. The molecule has 0 aliphatic heterocycles. The molecule has 21 heavy (non-hydrogen) atoms. The Kier molecular flexibility index (Phi) is 4.05. The van der Waals surface area contributed by atoms with Crippen molar-refractivity contribution in [3.63, 3.8) is 0 Å². The Morgan fingerprint density at radius 3 is 2.24 bits per heavy atom. The van der Waals surface area contributed by atoms with Crippen molar-refractivity contribution in [1.29, 1.82) is 0 Å². The highest BCUT2D eigenvalue weighted by molar-refractivity contribution is 6.08. The van der Waals surface area contributed by atoms with Gasteiger partial charge in [0.25, 0.3) is 0 Å². The summed E-state index contributed by atoms with van der Waals surface area (Å²) in [6.07, 6.45) is 0. The second-order valence-corrected chi connectivity index (χ2v) is 4.09. The van der Waals surface area contributed by atoms with Gasteiger partial charge in [-0.05, 0) is 11.6 Å². The van der Waals surface area contributed by atoms with Crippen LogP contribution in [0.15, 0.2) is 48.5 Å². The van der Waals surface area contributed by atoms with Crippen LogP contribution >= 0.6 is 0 Å². The van der Waals surface area contributed by atoms with Crippen LogP contribution in [-0.4, -0.2) is 16.7 Å². The SMILES string of the molecule is O=C(N[O-])c1cccc(-c2ccccc2)c1C(=O)[N+](=O)[O-].